The number of benzene rings is 2. The molecule has 1 saturated heterocycles. The summed E-state index contributed by atoms with van der Waals surface area (Å²) < 4.78 is 7.60. The van der Waals surface area contributed by atoms with Gasteiger partial charge >= 0.3 is 0 Å². The van der Waals surface area contributed by atoms with Gasteiger partial charge in [0.2, 0.25) is 5.91 Å². The average molecular weight is 468 g/mol. The van der Waals surface area contributed by atoms with Gasteiger partial charge in [-0.05, 0) is 73.1 Å². The van der Waals surface area contributed by atoms with Crippen LogP contribution >= 0.6 is 0 Å². The van der Waals surface area contributed by atoms with E-state index >= 15 is 0 Å². The Morgan fingerprint density at radius 2 is 1.86 bits per heavy atom. The molecule has 35 heavy (non-hydrogen) atoms. The lowest BCUT2D eigenvalue weighted by atomic mass is 9.88. The highest BCUT2D eigenvalue weighted by Crippen LogP contribution is 2.32. The number of hydrogen-bond acceptors (Lipinski definition) is 3. The Bertz CT molecular complexity index is 1290. The number of piperidine rings is 1. The lowest BCUT2D eigenvalue weighted by Gasteiger charge is -2.33. The van der Waals surface area contributed by atoms with Crippen LogP contribution in [-0.2, 0) is 11.2 Å². The van der Waals surface area contributed by atoms with Crippen molar-refractivity contribution in [2.24, 2.45) is 5.92 Å². The summed E-state index contributed by atoms with van der Waals surface area (Å²) in [5.41, 5.74) is 5.56. The van der Waals surface area contributed by atoms with Crippen molar-refractivity contribution in [1.82, 2.24) is 14.3 Å². The molecule has 1 atom stereocenters. The van der Waals surface area contributed by atoms with Crippen molar-refractivity contribution < 1.29 is 9.53 Å². The SMILES string of the molecule is COc1cccc(C(CC(=O)N2CCC(Cc3ccccc3)CC2)c2cnc3cc(C)ccn23)c1. The molecule has 0 N–H and O–H groups in total. The van der Waals surface area contributed by atoms with E-state index in [2.05, 4.69) is 75.9 Å². The van der Waals surface area contributed by atoms with Gasteiger partial charge in [-0.1, -0.05) is 42.5 Å². The number of pyridine rings is 1. The van der Waals surface area contributed by atoms with Crippen LogP contribution in [0.5, 0.6) is 5.75 Å². The first kappa shape index (κ1) is 23.2. The molecule has 2 aromatic heterocycles. The van der Waals surface area contributed by atoms with Crippen molar-refractivity contribution in [3.63, 3.8) is 0 Å². The van der Waals surface area contributed by atoms with Gasteiger partial charge in [0, 0.05) is 37.8 Å². The molecule has 2 aromatic carbocycles. The van der Waals surface area contributed by atoms with Crippen LogP contribution in [0.3, 0.4) is 0 Å². The standard InChI is InChI=1S/C30H33N3O2/c1-22-11-16-33-28(21-31-29(33)17-22)27(25-9-6-10-26(19-25)35-2)20-30(34)32-14-12-24(13-15-32)18-23-7-4-3-5-8-23/h3-11,16-17,19,21,24,27H,12-15,18,20H2,1-2H3. The van der Waals surface area contributed by atoms with E-state index in [-0.39, 0.29) is 11.8 Å². The number of hydrogen-bond donors (Lipinski definition) is 0. The van der Waals surface area contributed by atoms with Gasteiger partial charge in [-0.15, -0.1) is 0 Å². The quantitative estimate of drug-likeness (QED) is 0.353. The van der Waals surface area contributed by atoms with Gasteiger partial charge in [-0.3, -0.25) is 4.79 Å². The molecule has 5 heteroatoms. The first-order chi connectivity index (χ1) is 17.1. The number of rotatable bonds is 7. The maximum Gasteiger partial charge on any atom is 0.223 e. The normalized spacial score (nSPS) is 15.3. The third kappa shape index (κ3) is 5.24. The van der Waals surface area contributed by atoms with Crippen LogP contribution in [0.4, 0.5) is 0 Å². The van der Waals surface area contributed by atoms with Gasteiger partial charge in [-0.2, -0.15) is 0 Å². The number of likely N-dealkylation sites (tertiary alicyclic amines) is 1. The zero-order chi connectivity index (χ0) is 24.2. The molecular weight excluding hydrogens is 434 g/mol. The van der Waals surface area contributed by atoms with Gasteiger partial charge in [0.25, 0.3) is 0 Å². The highest BCUT2D eigenvalue weighted by molar-refractivity contribution is 5.78. The van der Waals surface area contributed by atoms with Gasteiger partial charge in [0.1, 0.15) is 11.4 Å². The second kappa shape index (κ2) is 10.3. The van der Waals surface area contributed by atoms with Gasteiger partial charge < -0.3 is 14.0 Å². The molecule has 1 aliphatic heterocycles. The van der Waals surface area contributed by atoms with Crippen LogP contribution in [0, 0.1) is 12.8 Å². The van der Waals surface area contributed by atoms with Crippen LogP contribution in [0.25, 0.3) is 5.65 Å². The number of methoxy groups -OCH3 is 1. The molecule has 5 nitrogen and oxygen atoms in total. The Kier molecular flexibility index (Phi) is 6.84. The number of aromatic nitrogens is 2. The summed E-state index contributed by atoms with van der Waals surface area (Å²) in [4.78, 5) is 20.3. The first-order valence-electron chi connectivity index (χ1n) is 12.5. The number of fused-ring (bicyclic) bond motifs is 1. The molecule has 1 amide bonds. The highest BCUT2D eigenvalue weighted by atomic mass is 16.5. The van der Waals surface area contributed by atoms with Gasteiger partial charge in [0.05, 0.1) is 12.8 Å². The molecule has 0 spiro atoms. The Hall–Kier alpha value is -3.60. The minimum atomic E-state index is -0.0997. The Balaban J connectivity index is 1.34. The van der Waals surface area contributed by atoms with Crippen molar-refractivity contribution in [3.8, 4) is 5.75 Å². The van der Waals surface area contributed by atoms with E-state index < -0.39 is 0 Å². The smallest absolute Gasteiger partial charge is 0.223 e. The predicted octanol–water partition coefficient (Wildman–Crippen LogP) is 5.65. The number of amides is 1. The topological polar surface area (TPSA) is 46.8 Å². The van der Waals surface area contributed by atoms with Crippen molar-refractivity contribution >= 4 is 11.6 Å². The number of carbonyl (C=O) groups is 1. The average Bonchev–Trinajstić information content (AvgIpc) is 3.31. The summed E-state index contributed by atoms with van der Waals surface area (Å²) in [7, 11) is 1.68. The Morgan fingerprint density at radius 3 is 2.63 bits per heavy atom. The van der Waals surface area contributed by atoms with Gasteiger partial charge in [0.15, 0.2) is 0 Å². The van der Waals surface area contributed by atoms with E-state index in [0.717, 1.165) is 55.0 Å². The fourth-order valence-corrected chi connectivity index (χ4v) is 5.25. The molecule has 0 aliphatic carbocycles. The molecule has 0 radical (unpaired) electrons. The summed E-state index contributed by atoms with van der Waals surface area (Å²) in [6, 6.07) is 22.9. The van der Waals surface area contributed by atoms with E-state index in [4.69, 9.17) is 4.74 Å². The molecular formula is C30H33N3O2. The number of carbonyl (C=O) groups excluding carboxylic acids is 1. The van der Waals surface area contributed by atoms with Gasteiger partial charge in [-0.25, -0.2) is 4.98 Å². The highest BCUT2D eigenvalue weighted by Gasteiger charge is 2.28. The van der Waals surface area contributed by atoms with E-state index in [1.165, 1.54) is 11.1 Å². The molecule has 3 heterocycles. The van der Waals surface area contributed by atoms with Crippen molar-refractivity contribution in [2.45, 2.75) is 38.5 Å². The zero-order valence-electron chi connectivity index (χ0n) is 20.6. The molecule has 180 valence electrons. The number of imidazole rings is 1. The van der Waals surface area contributed by atoms with Crippen LogP contribution in [0.15, 0.2) is 79.1 Å². The van der Waals surface area contributed by atoms with Crippen LogP contribution in [0.2, 0.25) is 0 Å². The van der Waals surface area contributed by atoms with E-state index in [1.54, 1.807) is 7.11 Å². The van der Waals surface area contributed by atoms with Crippen LogP contribution in [0.1, 0.15) is 47.6 Å². The summed E-state index contributed by atoms with van der Waals surface area (Å²) >= 11 is 0. The predicted molar refractivity (Wildman–Crippen MR) is 139 cm³/mol. The van der Waals surface area contributed by atoms with Crippen LogP contribution in [-0.4, -0.2) is 40.4 Å². The third-order valence-electron chi connectivity index (χ3n) is 7.26. The van der Waals surface area contributed by atoms with Crippen molar-refractivity contribution in [1.29, 1.82) is 0 Å². The fraction of sp³-hybridized carbons (Fsp3) is 0.333. The van der Waals surface area contributed by atoms with Crippen molar-refractivity contribution in [2.75, 3.05) is 20.2 Å². The summed E-state index contributed by atoms with van der Waals surface area (Å²) in [6.07, 6.45) is 7.59. The summed E-state index contributed by atoms with van der Waals surface area (Å²) in [6.45, 7) is 3.72. The molecule has 0 bridgehead atoms. The third-order valence-corrected chi connectivity index (χ3v) is 7.26. The van der Waals surface area contributed by atoms with Crippen LogP contribution < -0.4 is 4.74 Å². The number of ether oxygens (including phenoxy) is 1. The minimum Gasteiger partial charge on any atom is -0.497 e. The minimum absolute atomic E-state index is 0.0997. The first-order valence-corrected chi connectivity index (χ1v) is 12.5. The maximum absolute atomic E-state index is 13.6. The molecule has 1 fully saturated rings. The van der Waals surface area contributed by atoms with Crippen molar-refractivity contribution in [3.05, 3.63) is 102 Å². The maximum atomic E-state index is 13.6. The number of aryl methyl sites for hydroxylation is 1. The van der Waals surface area contributed by atoms with E-state index in [0.29, 0.717) is 12.3 Å². The van der Waals surface area contributed by atoms with E-state index in [1.807, 2.05) is 24.4 Å². The zero-order valence-corrected chi connectivity index (χ0v) is 20.6. The molecule has 1 unspecified atom stereocenters. The molecule has 5 rings (SSSR count). The largest absolute Gasteiger partial charge is 0.497 e. The lowest BCUT2D eigenvalue weighted by molar-refractivity contribution is -0.132. The second-order valence-electron chi connectivity index (χ2n) is 9.66. The summed E-state index contributed by atoms with van der Waals surface area (Å²) in [5.74, 6) is 1.54. The monoisotopic (exact) mass is 467 g/mol. The number of nitrogens with zero attached hydrogens (tertiary/aromatic N) is 3. The molecule has 1 aliphatic rings. The van der Waals surface area contributed by atoms with E-state index in [9.17, 15) is 4.79 Å². The second-order valence-corrected chi connectivity index (χ2v) is 9.66. The Labute approximate surface area is 207 Å². The Morgan fingerprint density at radius 1 is 1.06 bits per heavy atom. The fourth-order valence-electron chi connectivity index (χ4n) is 5.25. The molecule has 4 aromatic rings. The molecule has 0 saturated carbocycles. The summed E-state index contributed by atoms with van der Waals surface area (Å²) in [5, 5.41) is 0. The lowest BCUT2D eigenvalue weighted by Crippen LogP contribution is -2.39.